The number of hydrogen-bond donors (Lipinski definition) is 1. The number of benzene rings is 1. The summed E-state index contributed by atoms with van der Waals surface area (Å²) in [6, 6.07) is 7.90. The molecular formula is C19H20N2O3. The molecule has 0 bridgehead atoms. The van der Waals surface area contributed by atoms with Crippen LogP contribution in [-0.2, 0) is 4.79 Å². The van der Waals surface area contributed by atoms with Gasteiger partial charge in [0.2, 0.25) is 0 Å². The first-order valence-corrected chi connectivity index (χ1v) is 8.46. The molecule has 1 aliphatic heterocycles. The zero-order chi connectivity index (χ0) is 16.8. The number of aryl methyl sites for hydroxylation is 1. The van der Waals surface area contributed by atoms with Gasteiger partial charge in [0, 0.05) is 30.1 Å². The van der Waals surface area contributed by atoms with Crippen molar-refractivity contribution in [2.24, 2.45) is 5.92 Å². The number of rotatable bonds is 3. The molecule has 1 saturated heterocycles. The Morgan fingerprint density at radius 1 is 1.21 bits per heavy atom. The standard InChI is InChI=1S/C19H20N2O3/c1-11-2-5-16-14(8-11)15(9-17(20-16)12-3-4-12)18(22)21-7-6-13(10-21)19(23)24/h2,5,8-9,12-13H,3-4,6-7,10H2,1H3,(H,23,24)/t13-/m0/s1. The van der Waals surface area contributed by atoms with Crippen molar-refractivity contribution in [1.82, 2.24) is 9.88 Å². The number of nitrogens with zero attached hydrogens (tertiary/aromatic N) is 2. The Morgan fingerprint density at radius 3 is 2.67 bits per heavy atom. The van der Waals surface area contributed by atoms with Crippen LogP contribution in [0.15, 0.2) is 24.3 Å². The van der Waals surface area contributed by atoms with Gasteiger partial charge >= 0.3 is 5.97 Å². The van der Waals surface area contributed by atoms with Gasteiger partial charge in [-0.1, -0.05) is 11.6 Å². The summed E-state index contributed by atoms with van der Waals surface area (Å²) in [5.74, 6) is -0.877. The van der Waals surface area contributed by atoms with E-state index in [0.717, 1.165) is 35.0 Å². The molecule has 1 aliphatic carbocycles. The lowest BCUT2D eigenvalue weighted by Gasteiger charge is -2.18. The van der Waals surface area contributed by atoms with E-state index in [1.807, 2.05) is 31.2 Å². The molecule has 1 N–H and O–H groups in total. The van der Waals surface area contributed by atoms with Crippen molar-refractivity contribution < 1.29 is 14.7 Å². The summed E-state index contributed by atoms with van der Waals surface area (Å²) in [6.45, 7) is 2.80. The van der Waals surface area contributed by atoms with E-state index in [4.69, 9.17) is 10.1 Å². The fourth-order valence-electron chi connectivity index (χ4n) is 3.44. The first-order chi connectivity index (χ1) is 11.5. The van der Waals surface area contributed by atoms with Crippen molar-refractivity contribution in [2.45, 2.75) is 32.1 Å². The number of hydrogen-bond acceptors (Lipinski definition) is 3. The summed E-state index contributed by atoms with van der Waals surface area (Å²) >= 11 is 0. The molecular weight excluding hydrogens is 304 g/mol. The molecule has 5 nitrogen and oxygen atoms in total. The second-order valence-electron chi connectivity index (χ2n) is 6.96. The maximum absolute atomic E-state index is 13.0. The van der Waals surface area contributed by atoms with Crippen molar-refractivity contribution in [3.8, 4) is 0 Å². The van der Waals surface area contributed by atoms with Gasteiger partial charge in [-0.25, -0.2) is 0 Å². The Morgan fingerprint density at radius 2 is 2.00 bits per heavy atom. The van der Waals surface area contributed by atoms with Gasteiger partial charge in [-0.2, -0.15) is 0 Å². The summed E-state index contributed by atoms with van der Waals surface area (Å²) in [6.07, 6.45) is 2.78. The van der Waals surface area contributed by atoms with Crippen molar-refractivity contribution >= 4 is 22.8 Å². The fourth-order valence-corrected chi connectivity index (χ4v) is 3.44. The van der Waals surface area contributed by atoms with Crippen molar-refractivity contribution in [3.05, 3.63) is 41.1 Å². The highest BCUT2D eigenvalue weighted by atomic mass is 16.4. The molecule has 1 amide bonds. The lowest BCUT2D eigenvalue weighted by Crippen LogP contribution is -2.30. The average molecular weight is 324 g/mol. The maximum Gasteiger partial charge on any atom is 0.308 e. The van der Waals surface area contributed by atoms with Gasteiger partial charge in [0.25, 0.3) is 5.91 Å². The lowest BCUT2D eigenvalue weighted by atomic mass is 10.0. The van der Waals surface area contributed by atoms with Crippen LogP contribution >= 0.6 is 0 Å². The molecule has 1 aromatic carbocycles. The minimum Gasteiger partial charge on any atom is -0.481 e. The number of aliphatic carboxylic acids is 1. The number of carbonyl (C=O) groups excluding carboxylic acids is 1. The van der Waals surface area contributed by atoms with Crippen LogP contribution in [0.25, 0.3) is 10.9 Å². The summed E-state index contributed by atoms with van der Waals surface area (Å²) in [5, 5.41) is 10.0. The summed E-state index contributed by atoms with van der Waals surface area (Å²) in [5.41, 5.74) is 3.59. The van der Waals surface area contributed by atoms with Crippen molar-refractivity contribution in [1.29, 1.82) is 0 Å². The third kappa shape index (κ3) is 2.64. The summed E-state index contributed by atoms with van der Waals surface area (Å²) in [7, 11) is 0. The zero-order valence-corrected chi connectivity index (χ0v) is 13.7. The quantitative estimate of drug-likeness (QED) is 0.942. The van der Waals surface area contributed by atoms with Crippen molar-refractivity contribution in [3.63, 3.8) is 0 Å². The van der Waals surface area contributed by atoms with E-state index in [2.05, 4.69) is 0 Å². The minimum absolute atomic E-state index is 0.0707. The summed E-state index contributed by atoms with van der Waals surface area (Å²) < 4.78 is 0. The number of pyridine rings is 1. The molecule has 4 rings (SSSR count). The largest absolute Gasteiger partial charge is 0.481 e. The number of carboxylic acid groups (broad SMARTS) is 1. The fraction of sp³-hybridized carbons (Fsp3) is 0.421. The molecule has 0 unspecified atom stereocenters. The number of carboxylic acids is 1. The predicted molar refractivity (Wildman–Crippen MR) is 90.1 cm³/mol. The van der Waals surface area contributed by atoms with Gasteiger partial charge in [-0.15, -0.1) is 0 Å². The summed E-state index contributed by atoms with van der Waals surface area (Å²) in [4.78, 5) is 30.6. The molecule has 124 valence electrons. The molecule has 1 saturated carbocycles. The van der Waals surface area contributed by atoms with Crippen molar-refractivity contribution in [2.75, 3.05) is 13.1 Å². The van der Waals surface area contributed by atoms with Gasteiger partial charge in [-0.05, 0) is 44.4 Å². The third-order valence-electron chi connectivity index (χ3n) is 5.03. The topological polar surface area (TPSA) is 70.5 Å². The van der Waals surface area contributed by atoms with E-state index in [9.17, 15) is 9.59 Å². The van der Waals surface area contributed by atoms with Crippen LogP contribution in [0.4, 0.5) is 0 Å². The van der Waals surface area contributed by atoms with E-state index in [-0.39, 0.29) is 5.91 Å². The van der Waals surface area contributed by atoms with E-state index < -0.39 is 11.9 Å². The number of likely N-dealkylation sites (tertiary alicyclic amines) is 1. The van der Waals surface area contributed by atoms with Crippen LogP contribution in [0.2, 0.25) is 0 Å². The minimum atomic E-state index is -0.820. The Bertz CT molecular complexity index is 842. The second-order valence-corrected chi connectivity index (χ2v) is 6.96. The first kappa shape index (κ1) is 15.1. The van der Waals surface area contributed by atoms with Gasteiger partial charge < -0.3 is 10.0 Å². The number of fused-ring (bicyclic) bond motifs is 1. The molecule has 0 radical (unpaired) electrons. The Kier molecular flexibility index (Phi) is 3.52. The van der Waals surface area contributed by atoms with E-state index in [0.29, 0.717) is 31.0 Å². The van der Waals surface area contributed by atoms with Gasteiger partial charge in [-0.3, -0.25) is 14.6 Å². The molecule has 0 spiro atoms. The molecule has 2 aliphatic rings. The van der Waals surface area contributed by atoms with Crippen LogP contribution in [-0.4, -0.2) is 40.0 Å². The van der Waals surface area contributed by atoms with Crippen LogP contribution in [0.3, 0.4) is 0 Å². The Hall–Kier alpha value is -2.43. The van der Waals surface area contributed by atoms with Crippen LogP contribution < -0.4 is 0 Å². The van der Waals surface area contributed by atoms with Gasteiger partial charge in [0.15, 0.2) is 0 Å². The third-order valence-corrected chi connectivity index (χ3v) is 5.03. The molecule has 1 atom stereocenters. The highest BCUT2D eigenvalue weighted by Gasteiger charge is 2.33. The SMILES string of the molecule is Cc1ccc2nc(C3CC3)cc(C(=O)N3CC[C@H](C(=O)O)C3)c2c1. The number of amides is 1. The molecule has 24 heavy (non-hydrogen) atoms. The molecule has 5 heteroatoms. The normalized spacial score (nSPS) is 20.5. The van der Waals surface area contributed by atoms with E-state index in [1.54, 1.807) is 4.90 Å². The molecule has 2 fully saturated rings. The monoisotopic (exact) mass is 324 g/mol. The van der Waals surface area contributed by atoms with Crippen LogP contribution in [0.5, 0.6) is 0 Å². The smallest absolute Gasteiger partial charge is 0.308 e. The predicted octanol–water partition coefficient (Wildman–Crippen LogP) is 2.97. The zero-order valence-electron chi connectivity index (χ0n) is 13.7. The average Bonchev–Trinajstić information content (AvgIpc) is 3.29. The maximum atomic E-state index is 13.0. The first-order valence-electron chi connectivity index (χ1n) is 8.46. The van der Waals surface area contributed by atoms with E-state index >= 15 is 0 Å². The Labute approximate surface area is 140 Å². The van der Waals surface area contributed by atoms with Gasteiger partial charge in [0.05, 0.1) is 17.0 Å². The number of carbonyl (C=O) groups is 2. The van der Waals surface area contributed by atoms with Crippen LogP contribution in [0.1, 0.15) is 46.8 Å². The second kappa shape index (κ2) is 5.58. The molecule has 2 heterocycles. The highest BCUT2D eigenvalue weighted by molar-refractivity contribution is 6.06. The number of aromatic nitrogens is 1. The molecule has 1 aromatic heterocycles. The lowest BCUT2D eigenvalue weighted by molar-refractivity contribution is -0.141. The van der Waals surface area contributed by atoms with Crippen LogP contribution in [0, 0.1) is 12.8 Å². The van der Waals surface area contributed by atoms with Gasteiger partial charge in [0.1, 0.15) is 0 Å². The van der Waals surface area contributed by atoms with E-state index in [1.165, 1.54) is 0 Å². The Balaban J connectivity index is 1.75. The highest BCUT2D eigenvalue weighted by Crippen LogP contribution is 2.40. The molecule has 2 aromatic rings.